The molecule has 6 heteroatoms. The SMILES string of the molecule is C#C/C(=C\C=C(/C)c1nc(-c2ccc(N(c3ccccc3)c3ccccc3)cc2)nc(-c2ccc(N(c3ccccc3)c3ccccc3)cc2)n1)N(c1ccccc1)c1ccccc1. The Morgan fingerprint density at radius 3 is 0.984 bits per heavy atom. The van der Waals surface area contributed by atoms with E-state index in [0.717, 1.165) is 62.2 Å². The highest BCUT2D eigenvalue weighted by molar-refractivity contribution is 5.80. The Bertz CT molecular complexity index is 2760. The van der Waals surface area contributed by atoms with E-state index in [0.29, 0.717) is 23.2 Å². The van der Waals surface area contributed by atoms with Crippen LogP contribution in [0.3, 0.4) is 0 Å². The van der Waals surface area contributed by atoms with Gasteiger partial charge < -0.3 is 14.7 Å². The van der Waals surface area contributed by atoms with Gasteiger partial charge >= 0.3 is 0 Å². The number of allylic oxidation sites excluding steroid dienone is 4. The van der Waals surface area contributed by atoms with E-state index in [2.05, 4.69) is 166 Å². The Labute approximate surface area is 375 Å². The van der Waals surface area contributed by atoms with E-state index in [9.17, 15) is 0 Å². The van der Waals surface area contributed by atoms with Crippen LogP contribution in [-0.2, 0) is 0 Å². The summed E-state index contributed by atoms with van der Waals surface area (Å²) in [5.74, 6) is 4.59. The van der Waals surface area contributed by atoms with E-state index in [1.54, 1.807) is 0 Å². The fraction of sp³-hybridized carbons (Fsp3) is 0.0172. The van der Waals surface area contributed by atoms with Crippen LogP contribution in [0.15, 0.2) is 248 Å². The summed E-state index contributed by atoms with van der Waals surface area (Å²) in [5.41, 5.74) is 11.4. The van der Waals surface area contributed by atoms with E-state index in [1.807, 2.05) is 104 Å². The zero-order valence-electron chi connectivity index (χ0n) is 35.4. The monoisotopic (exact) mass is 824 g/mol. The Morgan fingerprint density at radius 2 is 0.672 bits per heavy atom. The molecule has 0 N–H and O–H groups in total. The average Bonchev–Trinajstić information content (AvgIpc) is 3.37. The molecule has 306 valence electrons. The molecule has 0 saturated heterocycles. The molecule has 8 aromatic carbocycles. The van der Waals surface area contributed by atoms with Crippen molar-refractivity contribution >= 4 is 51.1 Å². The summed E-state index contributed by atoms with van der Waals surface area (Å²) in [5, 5.41) is 0. The second kappa shape index (κ2) is 19.3. The van der Waals surface area contributed by atoms with Crippen LogP contribution in [0.5, 0.6) is 0 Å². The third-order valence-electron chi connectivity index (χ3n) is 10.7. The first-order chi connectivity index (χ1) is 31.6. The van der Waals surface area contributed by atoms with Crippen LogP contribution in [-0.4, -0.2) is 15.0 Å². The minimum Gasteiger partial charge on any atom is -0.311 e. The lowest BCUT2D eigenvalue weighted by Gasteiger charge is -2.25. The van der Waals surface area contributed by atoms with Crippen LogP contribution in [0, 0.1) is 12.3 Å². The van der Waals surface area contributed by atoms with Crippen molar-refractivity contribution in [2.24, 2.45) is 0 Å². The molecule has 64 heavy (non-hydrogen) atoms. The highest BCUT2D eigenvalue weighted by Crippen LogP contribution is 2.37. The summed E-state index contributed by atoms with van der Waals surface area (Å²) in [4.78, 5) is 21.9. The first-order valence-electron chi connectivity index (χ1n) is 21.2. The Hall–Kier alpha value is -8.79. The largest absolute Gasteiger partial charge is 0.311 e. The van der Waals surface area contributed by atoms with Crippen LogP contribution in [0.25, 0.3) is 28.3 Å². The lowest BCUT2D eigenvalue weighted by Crippen LogP contribution is -2.15. The van der Waals surface area contributed by atoms with E-state index < -0.39 is 0 Å². The highest BCUT2D eigenvalue weighted by Gasteiger charge is 2.18. The number of terminal acetylenes is 1. The summed E-state index contributed by atoms with van der Waals surface area (Å²) in [6.07, 6.45) is 10.2. The molecular formula is C58H44N6. The molecule has 0 aliphatic carbocycles. The molecule has 1 aromatic heterocycles. The Morgan fingerprint density at radius 1 is 0.375 bits per heavy atom. The number of nitrogens with zero attached hydrogens (tertiary/aromatic N) is 6. The fourth-order valence-electron chi connectivity index (χ4n) is 7.58. The molecule has 0 bridgehead atoms. The summed E-state index contributed by atoms with van der Waals surface area (Å²) >= 11 is 0. The van der Waals surface area contributed by atoms with E-state index >= 15 is 0 Å². The molecule has 9 rings (SSSR count). The molecule has 0 spiro atoms. The van der Waals surface area contributed by atoms with Crippen LogP contribution in [0.4, 0.5) is 45.5 Å². The van der Waals surface area contributed by atoms with E-state index in [1.165, 1.54) is 0 Å². The molecular weight excluding hydrogens is 781 g/mol. The zero-order valence-corrected chi connectivity index (χ0v) is 35.4. The van der Waals surface area contributed by atoms with Gasteiger partial charge in [-0.2, -0.15) is 0 Å². The summed E-state index contributed by atoms with van der Waals surface area (Å²) in [7, 11) is 0. The molecule has 0 radical (unpaired) electrons. The highest BCUT2D eigenvalue weighted by atomic mass is 15.2. The van der Waals surface area contributed by atoms with Crippen LogP contribution in [0.1, 0.15) is 12.7 Å². The molecule has 0 fully saturated rings. The summed E-state index contributed by atoms with van der Waals surface area (Å²) in [6, 6.07) is 78.5. The molecule has 9 aromatic rings. The summed E-state index contributed by atoms with van der Waals surface area (Å²) in [6.45, 7) is 2.00. The minimum absolute atomic E-state index is 0.539. The van der Waals surface area contributed by atoms with Crippen LogP contribution >= 0.6 is 0 Å². The van der Waals surface area contributed by atoms with Crippen molar-refractivity contribution in [3.63, 3.8) is 0 Å². The van der Waals surface area contributed by atoms with Gasteiger partial charge in [0.1, 0.15) is 0 Å². The van der Waals surface area contributed by atoms with Crippen molar-refractivity contribution in [3.05, 3.63) is 254 Å². The average molecular weight is 825 g/mol. The quantitative estimate of drug-likeness (QED) is 0.0853. The third kappa shape index (κ3) is 9.11. The standard InChI is InChI=1S/C58H44N6/c1-3-47(62(48-22-10-4-11-23-48)49-24-12-5-13-25-49)39-34-44(2)56-59-57(45-35-40-54(41-36-45)63(50-26-14-6-15-27-50)51-28-16-7-17-29-51)61-58(60-56)46-37-42-55(43-38-46)64(52-30-18-8-19-31-52)53-32-20-9-21-33-53/h1,4-43H,2H3/b44-34+,47-39+. The molecule has 0 saturated carbocycles. The molecule has 0 amide bonds. The van der Waals surface area contributed by atoms with Crippen LogP contribution in [0.2, 0.25) is 0 Å². The van der Waals surface area contributed by atoms with Gasteiger partial charge in [-0.25, -0.2) is 15.0 Å². The van der Waals surface area contributed by atoms with Crippen molar-refractivity contribution in [1.82, 2.24) is 15.0 Å². The fourth-order valence-corrected chi connectivity index (χ4v) is 7.58. The maximum absolute atomic E-state index is 6.25. The van der Waals surface area contributed by atoms with Gasteiger partial charge in [0.2, 0.25) is 0 Å². The lowest BCUT2D eigenvalue weighted by atomic mass is 10.1. The van der Waals surface area contributed by atoms with Gasteiger partial charge in [-0.15, -0.1) is 6.42 Å². The third-order valence-corrected chi connectivity index (χ3v) is 10.7. The van der Waals surface area contributed by atoms with Crippen molar-refractivity contribution in [3.8, 4) is 35.1 Å². The van der Waals surface area contributed by atoms with Crippen molar-refractivity contribution in [1.29, 1.82) is 0 Å². The lowest BCUT2D eigenvalue weighted by molar-refractivity contribution is 1.03. The topological polar surface area (TPSA) is 48.4 Å². The van der Waals surface area contributed by atoms with E-state index in [-0.39, 0.29) is 0 Å². The van der Waals surface area contributed by atoms with Gasteiger partial charge in [-0.3, -0.25) is 0 Å². The Kier molecular flexibility index (Phi) is 12.2. The van der Waals surface area contributed by atoms with E-state index in [4.69, 9.17) is 21.4 Å². The number of hydrogen-bond acceptors (Lipinski definition) is 6. The van der Waals surface area contributed by atoms with Crippen molar-refractivity contribution in [2.45, 2.75) is 6.92 Å². The second-order valence-electron chi connectivity index (χ2n) is 15.0. The smallest absolute Gasteiger partial charge is 0.164 e. The van der Waals surface area contributed by atoms with Gasteiger partial charge in [0, 0.05) is 56.6 Å². The van der Waals surface area contributed by atoms with Gasteiger partial charge in [0.05, 0.1) is 5.70 Å². The van der Waals surface area contributed by atoms with Gasteiger partial charge in [-0.05, 0) is 140 Å². The number of hydrogen-bond donors (Lipinski definition) is 0. The minimum atomic E-state index is 0.539. The predicted molar refractivity (Wildman–Crippen MR) is 266 cm³/mol. The molecule has 0 aliphatic rings. The first kappa shape index (κ1) is 40.6. The number of benzene rings is 8. The maximum atomic E-state index is 6.25. The van der Waals surface area contributed by atoms with Crippen molar-refractivity contribution < 1.29 is 0 Å². The van der Waals surface area contributed by atoms with Crippen LogP contribution < -0.4 is 14.7 Å². The van der Waals surface area contributed by atoms with Gasteiger partial charge in [-0.1, -0.05) is 121 Å². The maximum Gasteiger partial charge on any atom is 0.164 e. The zero-order chi connectivity index (χ0) is 43.5. The molecule has 0 unspecified atom stereocenters. The number of para-hydroxylation sites is 6. The Balaban J connectivity index is 1.13. The van der Waals surface area contributed by atoms with Crippen molar-refractivity contribution in [2.75, 3.05) is 14.7 Å². The molecule has 1 heterocycles. The number of anilines is 8. The molecule has 6 nitrogen and oxygen atoms in total. The predicted octanol–water partition coefficient (Wildman–Crippen LogP) is 14.9. The second-order valence-corrected chi connectivity index (χ2v) is 15.0. The molecule has 0 aliphatic heterocycles. The number of rotatable bonds is 13. The van der Waals surface area contributed by atoms with Gasteiger partial charge in [0.25, 0.3) is 0 Å². The normalized spacial score (nSPS) is 11.4. The summed E-state index contributed by atoms with van der Waals surface area (Å²) < 4.78 is 0. The molecule has 0 atom stereocenters. The number of aromatic nitrogens is 3. The first-order valence-corrected chi connectivity index (χ1v) is 21.2. The van der Waals surface area contributed by atoms with Gasteiger partial charge in [0.15, 0.2) is 17.5 Å².